The number of piperazine rings is 1. The maximum atomic E-state index is 13.2. The van der Waals surface area contributed by atoms with Crippen LogP contribution in [0.3, 0.4) is 0 Å². The first-order valence-corrected chi connectivity index (χ1v) is 7.88. The Morgan fingerprint density at radius 3 is 2.41 bits per heavy atom. The first kappa shape index (κ1) is 15.4. The fourth-order valence-electron chi connectivity index (χ4n) is 3.40. The Labute approximate surface area is 130 Å². The summed E-state index contributed by atoms with van der Waals surface area (Å²) in [4.78, 5) is 2.19. The molecule has 118 valence electrons. The zero-order chi connectivity index (χ0) is 15.5. The molecule has 1 saturated heterocycles. The Hall–Kier alpha value is -1.52. The number of alkyl halides is 2. The van der Waals surface area contributed by atoms with Gasteiger partial charge >= 0.3 is 0 Å². The predicted molar refractivity (Wildman–Crippen MR) is 86.5 cm³/mol. The van der Waals surface area contributed by atoms with E-state index in [1.54, 1.807) is 0 Å². The third kappa shape index (κ3) is 3.13. The van der Waals surface area contributed by atoms with Crippen LogP contribution in [0.4, 0.5) is 8.78 Å². The van der Waals surface area contributed by atoms with Crippen LogP contribution in [-0.4, -0.2) is 37.5 Å². The van der Waals surface area contributed by atoms with E-state index in [9.17, 15) is 8.78 Å². The lowest BCUT2D eigenvalue weighted by molar-refractivity contribution is 0.0744. The number of fused-ring (bicyclic) bond motifs is 1. The molecule has 4 heteroatoms. The molecule has 3 rings (SSSR count). The van der Waals surface area contributed by atoms with Gasteiger partial charge in [0.15, 0.2) is 0 Å². The molecular weight excluding hydrogens is 282 g/mol. The highest BCUT2D eigenvalue weighted by Crippen LogP contribution is 2.34. The quantitative estimate of drug-likeness (QED) is 0.925. The molecule has 22 heavy (non-hydrogen) atoms. The van der Waals surface area contributed by atoms with Crippen molar-refractivity contribution in [3.8, 4) is 0 Å². The number of aryl methyl sites for hydroxylation is 1. The van der Waals surface area contributed by atoms with Gasteiger partial charge < -0.3 is 5.32 Å². The van der Waals surface area contributed by atoms with E-state index < -0.39 is 6.43 Å². The Bertz CT molecular complexity index is 636. The molecule has 1 atom stereocenters. The van der Waals surface area contributed by atoms with Crippen molar-refractivity contribution in [2.24, 2.45) is 0 Å². The lowest BCUT2D eigenvalue weighted by Gasteiger charge is -2.35. The van der Waals surface area contributed by atoms with E-state index in [2.05, 4.69) is 35.3 Å². The second kappa shape index (κ2) is 6.71. The van der Waals surface area contributed by atoms with Crippen LogP contribution in [-0.2, 0) is 0 Å². The van der Waals surface area contributed by atoms with Crippen molar-refractivity contribution >= 4 is 10.8 Å². The minimum atomic E-state index is -2.29. The van der Waals surface area contributed by atoms with E-state index >= 15 is 0 Å². The molecule has 1 heterocycles. The molecule has 0 spiro atoms. The standard InChI is InChI=1S/C18H22F2N2/c1-13-6-7-16(15-5-3-2-4-14(13)15)17(12-18(19)20)22-10-8-21-9-11-22/h2-7,17-18,21H,8-12H2,1H3/t17-/m1/s1. The number of benzene rings is 2. The highest BCUT2D eigenvalue weighted by molar-refractivity contribution is 5.88. The lowest BCUT2D eigenvalue weighted by atomic mass is 9.93. The van der Waals surface area contributed by atoms with E-state index in [1.807, 2.05) is 18.2 Å². The number of nitrogens with zero attached hydrogens (tertiary/aromatic N) is 1. The average Bonchev–Trinajstić information content (AvgIpc) is 2.54. The number of rotatable bonds is 4. The Morgan fingerprint density at radius 2 is 1.73 bits per heavy atom. The normalized spacial score (nSPS) is 18.0. The summed E-state index contributed by atoms with van der Waals surface area (Å²) in [7, 11) is 0. The van der Waals surface area contributed by atoms with Gasteiger partial charge in [0.25, 0.3) is 0 Å². The monoisotopic (exact) mass is 304 g/mol. The average molecular weight is 304 g/mol. The van der Waals surface area contributed by atoms with Gasteiger partial charge in [0.1, 0.15) is 0 Å². The van der Waals surface area contributed by atoms with Crippen LogP contribution in [0, 0.1) is 6.92 Å². The minimum Gasteiger partial charge on any atom is -0.314 e. The molecule has 0 amide bonds. The van der Waals surface area contributed by atoms with E-state index in [1.165, 1.54) is 5.56 Å². The molecule has 0 radical (unpaired) electrons. The molecule has 1 aliphatic rings. The summed E-state index contributed by atoms with van der Waals surface area (Å²) in [5.74, 6) is 0. The van der Waals surface area contributed by atoms with E-state index in [0.717, 1.165) is 42.5 Å². The van der Waals surface area contributed by atoms with Crippen LogP contribution in [0.2, 0.25) is 0 Å². The van der Waals surface area contributed by atoms with Crippen molar-refractivity contribution in [3.63, 3.8) is 0 Å². The maximum absolute atomic E-state index is 13.2. The predicted octanol–water partition coefficient (Wildman–Crippen LogP) is 3.75. The number of halogens is 2. The van der Waals surface area contributed by atoms with E-state index in [0.29, 0.717) is 0 Å². The number of nitrogens with one attached hydrogen (secondary N) is 1. The highest BCUT2D eigenvalue weighted by atomic mass is 19.3. The third-order valence-electron chi connectivity index (χ3n) is 4.53. The van der Waals surface area contributed by atoms with Crippen molar-refractivity contribution in [3.05, 3.63) is 47.5 Å². The molecule has 1 N–H and O–H groups in total. The van der Waals surface area contributed by atoms with Crippen molar-refractivity contribution in [1.29, 1.82) is 0 Å². The van der Waals surface area contributed by atoms with Gasteiger partial charge in [-0.05, 0) is 28.8 Å². The van der Waals surface area contributed by atoms with Crippen molar-refractivity contribution < 1.29 is 8.78 Å². The van der Waals surface area contributed by atoms with Crippen LogP contribution >= 0.6 is 0 Å². The first-order chi connectivity index (χ1) is 10.7. The van der Waals surface area contributed by atoms with Gasteiger partial charge in [-0.2, -0.15) is 0 Å². The molecule has 2 aromatic carbocycles. The number of hydrogen-bond acceptors (Lipinski definition) is 2. The van der Waals surface area contributed by atoms with E-state index in [4.69, 9.17) is 0 Å². The van der Waals surface area contributed by atoms with E-state index in [-0.39, 0.29) is 12.5 Å². The molecule has 1 aliphatic heterocycles. The molecule has 0 aliphatic carbocycles. The second-order valence-electron chi connectivity index (χ2n) is 5.95. The van der Waals surface area contributed by atoms with Gasteiger partial charge in [-0.25, -0.2) is 8.78 Å². The number of hydrogen-bond donors (Lipinski definition) is 1. The van der Waals surface area contributed by atoms with Crippen LogP contribution in [0.15, 0.2) is 36.4 Å². The summed E-state index contributed by atoms with van der Waals surface area (Å²) in [6.07, 6.45) is -2.40. The van der Waals surface area contributed by atoms with Crippen LogP contribution in [0.5, 0.6) is 0 Å². The van der Waals surface area contributed by atoms with Gasteiger partial charge in [-0.15, -0.1) is 0 Å². The highest BCUT2D eigenvalue weighted by Gasteiger charge is 2.26. The van der Waals surface area contributed by atoms with Gasteiger partial charge in [0, 0.05) is 38.6 Å². The zero-order valence-corrected chi connectivity index (χ0v) is 12.9. The summed E-state index contributed by atoms with van der Waals surface area (Å²) in [6.45, 7) is 5.44. The van der Waals surface area contributed by atoms with Crippen LogP contribution < -0.4 is 5.32 Å². The topological polar surface area (TPSA) is 15.3 Å². The molecule has 0 aromatic heterocycles. The fraction of sp³-hybridized carbons (Fsp3) is 0.444. The smallest absolute Gasteiger partial charge is 0.240 e. The maximum Gasteiger partial charge on any atom is 0.240 e. The molecule has 0 saturated carbocycles. The Balaban J connectivity index is 2.05. The second-order valence-corrected chi connectivity index (χ2v) is 5.95. The molecule has 0 unspecified atom stereocenters. The van der Waals surface area contributed by atoms with Gasteiger partial charge in [-0.1, -0.05) is 36.4 Å². The molecule has 0 bridgehead atoms. The van der Waals surface area contributed by atoms with Crippen molar-refractivity contribution in [2.45, 2.75) is 25.8 Å². The SMILES string of the molecule is Cc1ccc([C@@H](CC(F)F)N2CCNCC2)c2ccccc12. The summed E-state index contributed by atoms with van der Waals surface area (Å²) in [5.41, 5.74) is 2.22. The van der Waals surface area contributed by atoms with Crippen LogP contribution in [0.25, 0.3) is 10.8 Å². The van der Waals surface area contributed by atoms with Gasteiger partial charge in [0.05, 0.1) is 0 Å². The molecule has 2 nitrogen and oxygen atoms in total. The summed E-state index contributed by atoms with van der Waals surface area (Å²) in [5, 5.41) is 5.56. The molecule has 2 aromatic rings. The zero-order valence-electron chi connectivity index (χ0n) is 12.9. The Kier molecular flexibility index (Phi) is 4.69. The summed E-state index contributed by atoms with van der Waals surface area (Å²) in [6, 6.07) is 12.0. The lowest BCUT2D eigenvalue weighted by Crippen LogP contribution is -2.45. The molecule has 1 fully saturated rings. The fourth-order valence-corrected chi connectivity index (χ4v) is 3.40. The van der Waals surface area contributed by atoms with Crippen molar-refractivity contribution in [2.75, 3.05) is 26.2 Å². The summed E-state index contributed by atoms with van der Waals surface area (Å²) >= 11 is 0. The Morgan fingerprint density at radius 1 is 1.05 bits per heavy atom. The third-order valence-corrected chi connectivity index (χ3v) is 4.53. The summed E-state index contributed by atoms with van der Waals surface area (Å²) < 4.78 is 26.3. The van der Waals surface area contributed by atoms with Gasteiger partial charge in [-0.3, -0.25) is 4.90 Å². The minimum absolute atomic E-state index is 0.104. The largest absolute Gasteiger partial charge is 0.314 e. The first-order valence-electron chi connectivity index (χ1n) is 7.88. The van der Waals surface area contributed by atoms with Gasteiger partial charge in [0.2, 0.25) is 6.43 Å². The molecular formula is C18H22F2N2. The van der Waals surface area contributed by atoms with Crippen molar-refractivity contribution in [1.82, 2.24) is 10.2 Å². The van der Waals surface area contributed by atoms with Crippen LogP contribution in [0.1, 0.15) is 23.6 Å².